The predicted octanol–water partition coefficient (Wildman–Crippen LogP) is 5.75. The second-order valence-electron chi connectivity index (χ2n) is 8.76. The van der Waals surface area contributed by atoms with Gasteiger partial charge in [0.15, 0.2) is 0 Å². The van der Waals surface area contributed by atoms with E-state index in [0.717, 1.165) is 12.8 Å². The number of methoxy groups -OCH3 is 2. The summed E-state index contributed by atoms with van der Waals surface area (Å²) < 4.78 is 25.3. The normalized spacial score (nSPS) is 10.8. The van der Waals surface area contributed by atoms with E-state index in [1.165, 1.54) is 25.2 Å². The number of aromatic hydroxyl groups is 2. The van der Waals surface area contributed by atoms with Crippen LogP contribution in [0.5, 0.6) is 23.1 Å². The van der Waals surface area contributed by atoms with E-state index < -0.39 is 17.5 Å². The number of benzene rings is 2. The second kappa shape index (κ2) is 12.9. The molecule has 0 saturated carbocycles. The van der Waals surface area contributed by atoms with E-state index in [1.54, 1.807) is 36.4 Å². The molecule has 3 rings (SSSR count). The lowest BCUT2D eigenvalue weighted by molar-refractivity contribution is 0.0750. The molecule has 0 saturated heterocycles. The number of carbonyl (C=O) groups excluding carboxylic acids is 1. The van der Waals surface area contributed by atoms with E-state index in [1.807, 2.05) is 13.8 Å². The molecule has 0 spiro atoms. The lowest BCUT2D eigenvalue weighted by Gasteiger charge is -2.25. The van der Waals surface area contributed by atoms with Crippen LogP contribution in [0.3, 0.4) is 0 Å². The van der Waals surface area contributed by atoms with E-state index in [4.69, 9.17) is 9.47 Å². The molecule has 0 aliphatic heterocycles. The van der Waals surface area contributed by atoms with Gasteiger partial charge >= 0.3 is 0 Å². The van der Waals surface area contributed by atoms with Gasteiger partial charge in [-0.05, 0) is 49.4 Å². The first-order valence-corrected chi connectivity index (χ1v) is 12.6. The summed E-state index contributed by atoms with van der Waals surface area (Å²) in [5.41, 5.74) is 1.35. The molecule has 0 atom stereocenters. The molecule has 0 bridgehead atoms. The van der Waals surface area contributed by atoms with Crippen molar-refractivity contribution in [3.8, 4) is 34.3 Å². The minimum Gasteiger partial charge on any atom is -0.506 e. The minimum atomic E-state index is -0.585. The Morgan fingerprint density at radius 3 is 2.19 bits per heavy atom. The number of aromatic nitrogens is 1. The number of unbranched alkanes of at least 4 members (excludes halogenated alkanes) is 1. The van der Waals surface area contributed by atoms with Crippen LogP contribution < -0.4 is 9.47 Å². The van der Waals surface area contributed by atoms with Gasteiger partial charge in [0.25, 0.3) is 5.91 Å². The van der Waals surface area contributed by atoms with E-state index in [9.17, 15) is 19.4 Å². The smallest absolute Gasteiger partial charge is 0.263 e. The average molecular weight is 511 g/mol. The first-order chi connectivity index (χ1) is 17.9. The van der Waals surface area contributed by atoms with Gasteiger partial charge in [-0.1, -0.05) is 44.5 Å². The Kier molecular flexibility index (Phi) is 9.71. The molecular weight excluding hydrogens is 475 g/mol. The van der Waals surface area contributed by atoms with Crippen molar-refractivity contribution in [2.45, 2.75) is 46.0 Å². The highest BCUT2D eigenvalue weighted by atomic mass is 19.1. The summed E-state index contributed by atoms with van der Waals surface area (Å²) in [6.45, 7) is 4.51. The molecule has 1 aromatic heterocycles. The van der Waals surface area contributed by atoms with E-state index in [-0.39, 0.29) is 29.9 Å². The highest BCUT2D eigenvalue weighted by Gasteiger charge is 2.30. The van der Waals surface area contributed by atoms with Gasteiger partial charge < -0.3 is 24.6 Å². The maximum Gasteiger partial charge on any atom is 0.263 e. The van der Waals surface area contributed by atoms with Gasteiger partial charge in [0.2, 0.25) is 5.88 Å². The molecule has 198 valence electrons. The van der Waals surface area contributed by atoms with Crippen molar-refractivity contribution in [1.29, 1.82) is 0 Å². The fourth-order valence-corrected chi connectivity index (χ4v) is 4.39. The zero-order chi connectivity index (χ0) is 26.9. The average Bonchev–Trinajstić information content (AvgIpc) is 2.90. The van der Waals surface area contributed by atoms with Crippen LogP contribution in [0.25, 0.3) is 11.1 Å². The third-order valence-electron chi connectivity index (χ3n) is 6.28. The molecule has 7 nitrogen and oxygen atoms in total. The van der Waals surface area contributed by atoms with Gasteiger partial charge in [-0.2, -0.15) is 0 Å². The van der Waals surface area contributed by atoms with E-state index in [2.05, 4.69) is 4.98 Å². The fraction of sp³-hybridized carbons (Fsp3) is 0.379. The number of hydrogen-bond acceptors (Lipinski definition) is 6. The minimum absolute atomic E-state index is 0.206. The molecule has 0 unspecified atom stereocenters. The van der Waals surface area contributed by atoms with Crippen LogP contribution in [0.1, 0.15) is 54.7 Å². The Bertz CT molecular complexity index is 1210. The van der Waals surface area contributed by atoms with Crippen LogP contribution in [-0.4, -0.2) is 53.3 Å². The van der Waals surface area contributed by atoms with Gasteiger partial charge in [-0.25, -0.2) is 9.37 Å². The maximum absolute atomic E-state index is 14.2. The van der Waals surface area contributed by atoms with Gasteiger partial charge in [0.05, 0.1) is 31.0 Å². The van der Waals surface area contributed by atoms with Crippen LogP contribution in [0, 0.1) is 5.82 Å². The summed E-state index contributed by atoms with van der Waals surface area (Å²) in [5, 5.41) is 22.4. The van der Waals surface area contributed by atoms with Crippen molar-refractivity contribution in [2.24, 2.45) is 0 Å². The van der Waals surface area contributed by atoms with Crippen LogP contribution in [0.4, 0.5) is 4.39 Å². The standard InChI is InChI=1S/C29H35FN2O5/c1-5-7-13-21-24(25-22(36-3)14-10-15-23(25)37-4)27(33)26(28(34)31-21)29(35)32(17-6-2)18-16-19-11-8-9-12-20(19)30/h8-12,14-15H,5-7,13,16-18H2,1-4H3,(H2,31,33,34). The summed E-state index contributed by atoms with van der Waals surface area (Å²) in [4.78, 5) is 19.6. The summed E-state index contributed by atoms with van der Waals surface area (Å²) in [5.74, 6) is -0.995. The maximum atomic E-state index is 14.2. The topological polar surface area (TPSA) is 92.1 Å². The number of pyridine rings is 1. The van der Waals surface area contributed by atoms with Gasteiger partial charge in [0.1, 0.15) is 28.6 Å². The molecule has 1 heterocycles. The Morgan fingerprint density at radius 2 is 1.59 bits per heavy atom. The molecule has 2 N–H and O–H groups in total. The summed E-state index contributed by atoms with van der Waals surface area (Å²) >= 11 is 0. The molecule has 0 radical (unpaired) electrons. The number of hydrogen-bond donors (Lipinski definition) is 2. The van der Waals surface area contributed by atoms with Crippen molar-refractivity contribution >= 4 is 5.91 Å². The molecule has 0 aliphatic rings. The largest absolute Gasteiger partial charge is 0.506 e. The number of halogens is 1. The Balaban J connectivity index is 2.13. The Hall–Kier alpha value is -3.81. The molecule has 1 amide bonds. The van der Waals surface area contributed by atoms with Crippen molar-refractivity contribution in [3.63, 3.8) is 0 Å². The highest BCUT2D eigenvalue weighted by molar-refractivity contribution is 6.02. The second-order valence-corrected chi connectivity index (χ2v) is 8.76. The fourth-order valence-electron chi connectivity index (χ4n) is 4.39. The lowest BCUT2D eigenvalue weighted by Crippen LogP contribution is -2.34. The van der Waals surface area contributed by atoms with E-state index in [0.29, 0.717) is 47.7 Å². The molecule has 3 aromatic rings. The summed E-state index contributed by atoms with van der Waals surface area (Å²) in [7, 11) is 3.01. The molecular formula is C29H35FN2O5. The van der Waals surface area contributed by atoms with Crippen molar-refractivity contribution < 1.29 is 28.9 Å². The van der Waals surface area contributed by atoms with E-state index >= 15 is 0 Å². The van der Waals surface area contributed by atoms with Crippen molar-refractivity contribution in [2.75, 3.05) is 27.3 Å². The molecule has 0 aliphatic carbocycles. The van der Waals surface area contributed by atoms with Gasteiger partial charge in [0, 0.05) is 13.1 Å². The zero-order valence-corrected chi connectivity index (χ0v) is 21.9. The first-order valence-electron chi connectivity index (χ1n) is 12.6. The number of amides is 1. The number of nitrogens with zero attached hydrogens (tertiary/aromatic N) is 2. The SMILES string of the molecule is CCCCc1nc(O)c(C(=O)N(CCC)CCc2ccccc2F)c(O)c1-c1c(OC)cccc1OC. The first kappa shape index (κ1) is 27.8. The zero-order valence-electron chi connectivity index (χ0n) is 21.9. The molecule has 2 aromatic carbocycles. The third-order valence-corrected chi connectivity index (χ3v) is 6.28. The molecule has 37 heavy (non-hydrogen) atoms. The highest BCUT2D eigenvalue weighted by Crippen LogP contribution is 2.47. The summed E-state index contributed by atoms with van der Waals surface area (Å²) in [6, 6.07) is 11.6. The van der Waals surface area contributed by atoms with Crippen molar-refractivity contribution in [3.05, 3.63) is 65.1 Å². The number of aryl methyl sites for hydroxylation is 1. The number of ether oxygens (including phenoxy) is 2. The number of rotatable bonds is 12. The third kappa shape index (κ3) is 6.13. The van der Waals surface area contributed by atoms with Crippen LogP contribution in [0.2, 0.25) is 0 Å². The Labute approximate surface area is 217 Å². The van der Waals surface area contributed by atoms with Gasteiger partial charge in [-0.3, -0.25) is 4.79 Å². The van der Waals surface area contributed by atoms with Crippen LogP contribution in [-0.2, 0) is 12.8 Å². The molecule has 0 fully saturated rings. The Morgan fingerprint density at radius 1 is 0.919 bits per heavy atom. The monoisotopic (exact) mass is 510 g/mol. The lowest BCUT2D eigenvalue weighted by atomic mass is 9.95. The predicted molar refractivity (Wildman–Crippen MR) is 141 cm³/mol. The summed E-state index contributed by atoms with van der Waals surface area (Å²) in [6.07, 6.45) is 3.02. The molecule has 8 heteroatoms. The van der Waals surface area contributed by atoms with Crippen molar-refractivity contribution in [1.82, 2.24) is 9.88 Å². The van der Waals surface area contributed by atoms with Crippen LogP contribution in [0.15, 0.2) is 42.5 Å². The quantitative estimate of drug-likeness (QED) is 0.322. The van der Waals surface area contributed by atoms with Gasteiger partial charge in [-0.15, -0.1) is 0 Å². The van der Waals surface area contributed by atoms with Crippen LogP contribution >= 0.6 is 0 Å². The number of carbonyl (C=O) groups is 1.